The Morgan fingerprint density at radius 2 is 2.25 bits per heavy atom. The van der Waals surface area contributed by atoms with Gasteiger partial charge in [0.15, 0.2) is 0 Å². The lowest BCUT2D eigenvalue weighted by atomic mass is 10.2. The van der Waals surface area contributed by atoms with Gasteiger partial charge in [0, 0.05) is 15.3 Å². The highest BCUT2D eigenvalue weighted by Gasteiger charge is 2.13. The molecule has 0 fully saturated rings. The molecular weight excluding hydrogens is 224 g/mol. The maximum atomic E-state index is 11.3. The van der Waals surface area contributed by atoms with Crippen molar-refractivity contribution >= 4 is 17.3 Å². The molecule has 0 spiro atoms. The second-order valence-electron chi connectivity index (χ2n) is 3.46. The van der Waals surface area contributed by atoms with E-state index in [9.17, 15) is 4.79 Å². The van der Waals surface area contributed by atoms with Gasteiger partial charge < -0.3 is 9.72 Å². The Hall–Kier alpha value is -1.62. The fourth-order valence-electron chi connectivity index (χ4n) is 1.54. The van der Waals surface area contributed by atoms with Crippen molar-refractivity contribution in [3.8, 4) is 11.4 Å². The molecule has 0 saturated carbocycles. The zero-order valence-corrected chi connectivity index (χ0v) is 10.1. The molecule has 1 N–H and O–H groups in total. The number of H-pyrrole nitrogens is 1. The van der Waals surface area contributed by atoms with Gasteiger partial charge in [0.2, 0.25) is 0 Å². The number of carbonyl (C=O) groups excluding carboxylic acids is 1. The number of methoxy groups -OCH3 is 1. The highest BCUT2D eigenvalue weighted by atomic mass is 32.1. The quantitative estimate of drug-likeness (QED) is 0.815. The number of nitrogens with zero attached hydrogens (tertiary/aromatic N) is 1. The van der Waals surface area contributed by atoms with Crippen LogP contribution in [0.4, 0.5) is 0 Å². The molecule has 0 amide bonds. The van der Waals surface area contributed by atoms with Crippen LogP contribution in [0.1, 0.15) is 20.2 Å². The van der Waals surface area contributed by atoms with Crippen LogP contribution in [0.3, 0.4) is 0 Å². The lowest BCUT2D eigenvalue weighted by Crippen LogP contribution is -2.00. The molecule has 2 heterocycles. The summed E-state index contributed by atoms with van der Waals surface area (Å²) in [5, 5.41) is 0. The average Bonchev–Trinajstić information content (AvgIpc) is 2.83. The van der Waals surface area contributed by atoms with Gasteiger partial charge in [0.05, 0.1) is 13.3 Å². The average molecular weight is 236 g/mol. The molecule has 0 aliphatic rings. The fraction of sp³-hybridized carbons (Fsp3) is 0.273. The molecule has 0 aliphatic carbocycles. The van der Waals surface area contributed by atoms with E-state index in [4.69, 9.17) is 0 Å². The normalized spacial score (nSPS) is 10.4. The van der Waals surface area contributed by atoms with Gasteiger partial charge in [0.25, 0.3) is 0 Å². The lowest BCUT2D eigenvalue weighted by Gasteiger charge is -1.94. The van der Waals surface area contributed by atoms with Crippen LogP contribution in [0.25, 0.3) is 11.4 Å². The predicted molar refractivity (Wildman–Crippen MR) is 62.7 cm³/mol. The molecule has 0 radical (unpaired) electrons. The number of aromatic nitrogens is 2. The van der Waals surface area contributed by atoms with Gasteiger partial charge in [-0.05, 0) is 19.9 Å². The Morgan fingerprint density at radius 1 is 1.50 bits per heavy atom. The minimum absolute atomic E-state index is 0.376. The highest BCUT2D eigenvalue weighted by Crippen LogP contribution is 2.28. The first kappa shape index (κ1) is 10.9. The van der Waals surface area contributed by atoms with E-state index < -0.39 is 5.97 Å². The fourth-order valence-corrected chi connectivity index (χ4v) is 2.46. The highest BCUT2D eigenvalue weighted by molar-refractivity contribution is 7.12. The van der Waals surface area contributed by atoms with Crippen molar-refractivity contribution in [2.45, 2.75) is 13.8 Å². The Morgan fingerprint density at radius 3 is 2.81 bits per heavy atom. The maximum Gasteiger partial charge on any atom is 0.356 e. The third-order valence-corrected chi connectivity index (χ3v) is 3.24. The minimum Gasteiger partial charge on any atom is -0.464 e. The van der Waals surface area contributed by atoms with E-state index in [0.717, 1.165) is 5.56 Å². The van der Waals surface area contributed by atoms with Crippen LogP contribution < -0.4 is 0 Å². The largest absolute Gasteiger partial charge is 0.464 e. The molecular formula is C11H12N2O2S. The second kappa shape index (κ2) is 4.09. The number of esters is 1. The van der Waals surface area contributed by atoms with Crippen molar-refractivity contribution in [3.63, 3.8) is 0 Å². The lowest BCUT2D eigenvalue weighted by molar-refractivity contribution is 0.0595. The first-order valence-electron chi connectivity index (χ1n) is 4.82. The van der Waals surface area contributed by atoms with Crippen LogP contribution in [-0.2, 0) is 4.74 Å². The summed E-state index contributed by atoms with van der Waals surface area (Å²) >= 11 is 1.71. The summed E-state index contributed by atoms with van der Waals surface area (Å²) in [5.74, 6) is 0.311. The van der Waals surface area contributed by atoms with E-state index >= 15 is 0 Å². The summed E-state index contributed by atoms with van der Waals surface area (Å²) in [4.78, 5) is 20.8. The van der Waals surface area contributed by atoms with Crippen LogP contribution in [0.15, 0.2) is 12.3 Å². The summed E-state index contributed by atoms with van der Waals surface area (Å²) in [6.45, 7) is 4.08. The zero-order chi connectivity index (χ0) is 11.7. The topological polar surface area (TPSA) is 55.0 Å². The Labute approximate surface area is 97.3 Å². The van der Waals surface area contributed by atoms with E-state index in [-0.39, 0.29) is 0 Å². The van der Waals surface area contributed by atoms with Crippen molar-refractivity contribution in [1.29, 1.82) is 0 Å². The number of hydrogen-bond acceptors (Lipinski definition) is 4. The molecule has 0 bridgehead atoms. The number of thiophene rings is 1. The van der Waals surface area contributed by atoms with E-state index in [1.54, 1.807) is 11.3 Å². The summed E-state index contributed by atoms with van der Waals surface area (Å²) in [6.07, 6.45) is 1.49. The van der Waals surface area contributed by atoms with Gasteiger partial charge in [0.1, 0.15) is 11.5 Å². The molecule has 0 atom stereocenters. The smallest absolute Gasteiger partial charge is 0.356 e. The van der Waals surface area contributed by atoms with Crippen molar-refractivity contribution in [1.82, 2.24) is 9.97 Å². The standard InChI is InChI=1S/C11H12N2O2S/c1-6-4-8(7(2)16-6)10-12-5-9(13-10)11(14)15-3/h4-5H,1-3H3,(H,12,13). The first-order valence-corrected chi connectivity index (χ1v) is 5.64. The second-order valence-corrected chi connectivity index (χ2v) is 4.92. The number of ether oxygens (including phenoxy) is 1. The monoisotopic (exact) mass is 236 g/mol. The van der Waals surface area contributed by atoms with Crippen molar-refractivity contribution in [3.05, 3.63) is 27.7 Å². The third kappa shape index (κ3) is 1.86. The van der Waals surface area contributed by atoms with Gasteiger partial charge in [-0.3, -0.25) is 0 Å². The molecule has 0 aromatic carbocycles. The van der Waals surface area contributed by atoms with Crippen LogP contribution in [0.2, 0.25) is 0 Å². The Bertz CT molecular complexity index is 528. The van der Waals surface area contributed by atoms with Crippen LogP contribution in [0.5, 0.6) is 0 Å². The third-order valence-electron chi connectivity index (χ3n) is 2.28. The number of imidazole rings is 1. The summed E-state index contributed by atoms with van der Waals surface area (Å²) < 4.78 is 4.61. The molecule has 2 rings (SSSR count). The van der Waals surface area contributed by atoms with Crippen LogP contribution in [-0.4, -0.2) is 23.0 Å². The molecule has 4 nitrogen and oxygen atoms in total. The maximum absolute atomic E-state index is 11.3. The Balaban J connectivity index is 2.38. The van der Waals surface area contributed by atoms with Gasteiger partial charge >= 0.3 is 5.97 Å². The first-order chi connectivity index (χ1) is 7.61. The molecule has 0 aliphatic heterocycles. The molecule has 2 aromatic heterocycles. The van der Waals surface area contributed by atoms with Gasteiger partial charge in [-0.1, -0.05) is 0 Å². The number of aryl methyl sites for hydroxylation is 2. The minimum atomic E-state index is -0.400. The van der Waals surface area contributed by atoms with Gasteiger partial charge in [-0.2, -0.15) is 0 Å². The van der Waals surface area contributed by atoms with E-state index in [0.29, 0.717) is 11.5 Å². The van der Waals surface area contributed by atoms with Crippen LogP contribution >= 0.6 is 11.3 Å². The van der Waals surface area contributed by atoms with Crippen molar-refractivity contribution in [2.24, 2.45) is 0 Å². The molecule has 0 unspecified atom stereocenters. The number of aromatic amines is 1. The van der Waals surface area contributed by atoms with Gasteiger partial charge in [-0.15, -0.1) is 11.3 Å². The SMILES string of the molecule is COC(=O)c1cnc(-c2cc(C)sc2C)[nH]1. The zero-order valence-electron chi connectivity index (χ0n) is 9.33. The van der Waals surface area contributed by atoms with E-state index in [1.165, 1.54) is 23.1 Å². The Kier molecular flexibility index (Phi) is 2.78. The molecule has 2 aromatic rings. The number of carbonyl (C=O) groups is 1. The van der Waals surface area contributed by atoms with Crippen molar-refractivity contribution in [2.75, 3.05) is 7.11 Å². The summed E-state index contributed by atoms with van der Waals surface area (Å²) in [6, 6.07) is 2.06. The summed E-state index contributed by atoms with van der Waals surface area (Å²) in [7, 11) is 1.35. The molecule has 0 saturated heterocycles. The molecule has 5 heteroatoms. The van der Waals surface area contributed by atoms with E-state index in [1.807, 2.05) is 13.8 Å². The number of nitrogens with one attached hydrogen (secondary N) is 1. The molecule has 16 heavy (non-hydrogen) atoms. The number of rotatable bonds is 2. The summed E-state index contributed by atoms with van der Waals surface area (Å²) in [5.41, 5.74) is 1.42. The van der Waals surface area contributed by atoms with Crippen LogP contribution in [0, 0.1) is 13.8 Å². The number of hydrogen-bond donors (Lipinski definition) is 1. The van der Waals surface area contributed by atoms with Gasteiger partial charge in [-0.25, -0.2) is 9.78 Å². The predicted octanol–water partition coefficient (Wildman–Crippen LogP) is 2.54. The molecule has 84 valence electrons. The van der Waals surface area contributed by atoms with Crippen molar-refractivity contribution < 1.29 is 9.53 Å². The van der Waals surface area contributed by atoms with E-state index in [2.05, 4.69) is 20.8 Å².